The van der Waals surface area contributed by atoms with Crippen LogP contribution in [-0.4, -0.2) is 47.9 Å². The summed E-state index contributed by atoms with van der Waals surface area (Å²) in [5.41, 5.74) is 9.42. The Morgan fingerprint density at radius 2 is 1.26 bits per heavy atom. The molecular formula is C39H50N2O5Si. The number of nitrogens with one attached hydrogen (secondary N) is 1. The molecule has 0 spiro atoms. The summed E-state index contributed by atoms with van der Waals surface area (Å²) in [6.45, 7) is 12.6. The second-order valence-corrected chi connectivity index (χ2v) is 14.2. The topological polar surface area (TPSA) is 69.3 Å². The van der Waals surface area contributed by atoms with Crippen LogP contribution in [0.2, 0.25) is 6.04 Å². The predicted molar refractivity (Wildman–Crippen MR) is 194 cm³/mol. The third-order valence-electron chi connectivity index (χ3n) is 8.04. The van der Waals surface area contributed by atoms with Gasteiger partial charge in [-0.05, 0) is 118 Å². The zero-order chi connectivity index (χ0) is 33.5. The molecule has 0 aliphatic heterocycles. The standard InChI is InChI=1S/C39H50N2O5Si/c1-6-44-47(45-7-2,46-8-3)29-13-27-40-39(42)43-28-12-14-33-18-23-36(24-19-33)41(38-22-17-31(4)32(5)30-38)37-25-20-35(21-26-37)34-15-10-9-11-16-34/h9-11,15-26,30H,6-8,12-14,27-29H2,1-5H3,(H,40,42). The van der Waals surface area contributed by atoms with Crippen molar-refractivity contribution < 1.29 is 22.8 Å². The second kappa shape index (κ2) is 18.4. The van der Waals surface area contributed by atoms with E-state index >= 15 is 0 Å². The fraction of sp³-hybridized carbons (Fsp3) is 0.359. The summed E-state index contributed by atoms with van der Waals surface area (Å²) < 4.78 is 23.1. The second-order valence-electron chi connectivity index (χ2n) is 11.4. The first-order chi connectivity index (χ1) is 22.9. The molecule has 0 atom stereocenters. The summed E-state index contributed by atoms with van der Waals surface area (Å²) >= 11 is 0. The lowest BCUT2D eigenvalue weighted by atomic mass is 10.0. The molecule has 0 heterocycles. The number of carbonyl (C=O) groups excluding carboxylic acids is 1. The number of rotatable bonds is 18. The minimum atomic E-state index is -2.70. The molecule has 0 fully saturated rings. The maximum atomic E-state index is 12.3. The molecule has 0 saturated heterocycles. The number of amides is 1. The van der Waals surface area contributed by atoms with Gasteiger partial charge in [-0.2, -0.15) is 0 Å². The zero-order valence-corrected chi connectivity index (χ0v) is 29.6. The molecule has 0 unspecified atom stereocenters. The van der Waals surface area contributed by atoms with Crippen molar-refractivity contribution in [2.45, 2.75) is 59.9 Å². The summed E-state index contributed by atoms with van der Waals surface area (Å²) in [5.74, 6) is 0. The van der Waals surface area contributed by atoms with E-state index in [1.54, 1.807) is 0 Å². The number of nitrogens with zero attached hydrogens (tertiary/aromatic N) is 1. The van der Waals surface area contributed by atoms with Crippen molar-refractivity contribution in [2.75, 3.05) is 37.9 Å². The number of hydrogen-bond acceptors (Lipinski definition) is 6. The Hall–Kier alpha value is -3.95. The quantitative estimate of drug-likeness (QED) is 0.0851. The minimum absolute atomic E-state index is 0.353. The van der Waals surface area contributed by atoms with Crippen LogP contribution in [0.3, 0.4) is 0 Å². The van der Waals surface area contributed by atoms with Crippen molar-refractivity contribution in [3.05, 3.63) is 114 Å². The third-order valence-corrected chi connectivity index (χ3v) is 11.2. The van der Waals surface area contributed by atoms with Crippen LogP contribution in [0, 0.1) is 13.8 Å². The van der Waals surface area contributed by atoms with Crippen LogP contribution in [0.4, 0.5) is 21.9 Å². The normalized spacial score (nSPS) is 11.3. The fourth-order valence-electron chi connectivity index (χ4n) is 5.55. The monoisotopic (exact) mass is 654 g/mol. The van der Waals surface area contributed by atoms with Gasteiger partial charge in [0.2, 0.25) is 0 Å². The lowest BCUT2D eigenvalue weighted by Gasteiger charge is -2.28. The van der Waals surface area contributed by atoms with Gasteiger partial charge >= 0.3 is 14.9 Å². The van der Waals surface area contributed by atoms with Crippen molar-refractivity contribution in [3.63, 3.8) is 0 Å². The molecular weight excluding hydrogens is 605 g/mol. The highest BCUT2D eigenvalue weighted by Crippen LogP contribution is 2.36. The molecule has 4 aromatic rings. The van der Waals surface area contributed by atoms with Crippen molar-refractivity contribution in [1.82, 2.24) is 5.32 Å². The van der Waals surface area contributed by atoms with Gasteiger partial charge in [-0.3, -0.25) is 0 Å². The van der Waals surface area contributed by atoms with Crippen LogP contribution in [0.25, 0.3) is 11.1 Å². The summed E-state index contributed by atoms with van der Waals surface area (Å²) in [7, 11) is -2.70. The average molecular weight is 655 g/mol. The first-order valence-electron chi connectivity index (χ1n) is 16.8. The molecule has 0 aliphatic rings. The van der Waals surface area contributed by atoms with Crippen LogP contribution >= 0.6 is 0 Å². The third kappa shape index (κ3) is 10.5. The van der Waals surface area contributed by atoms with Crippen molar-refractivity contribution >= 4 is 32.0 Å². The van der Waals surface area contributed by atoms with Gasteiger partial charge in [-0.1, -0.05) is 60.7 Å². The van der Waals surface area contributed by atoms with Crippen molar-refractivity contribution in [3.8, 4) is 11.1 Å². The van der Waals surface area contributed by atoms with Crippen molar-refractivity contribution in [1.29, 1.82) is 0 Å². The smallest absolute Gasteiger partial charge is 0.450 e. The van der Waals surface area contributed by atoms with E-state index in [9.17, 15) is 4.79 Å². The maximum Gasteiger partial charge on any atom is 0.500 e. The van der Waals surface area contributed by atoms with Gasteiger partial charge in [0, 0.05) is 49.5 Å². The van der Waals surface area contributed by atoms with Crippen LogP contribution in [-0.2, 0) is 24.4 Å². The number of carbonyl (C=O) groups is 1. The zero-order valence-electron chi connectivity index (χ0n) is 28.6. The van der Waals surface area contributed by atoms with Gasteiger partial charge in [0.15, 0.2) is 0 Å². The molecule has 0 aromatic heterocycles. The highest BCUT2D eigenvalue weighted by molar-refractivity contribution is 6.60. The first-order valence-corrected chi connectivity index (χ1v) is 18.8. The Morgan fingerprint density at radius 1 is 0.681 bits per heavy atom. The maximum absolute atomic E-state index is 12.3. The van der Waals surface area contributed by atoms with E-state index in [2.05, 4.69) is 115 Å². The highest BCUT2D eigenvalue weighted by Gasteiger charge is 2.39. The predicted octanol–water partition coefficient (Wildman–Crippen LogP) is 9.54. The van der Waals surface area contributed by atoms with E-state index in [4.69, 9.17) is 18.0 Å². The molecule has 0 saturated carbocycles. The van der Waals surface area contributed by atoms with Crippen LogP contribution in [0.5, 0.6) is 0 Å². The number of alkyl carbamates (subject to hydrolysis) is 1. The number of ether oxygens (including phenoxy) is 1. The fourth-order valence-corrected chi connectivity index (χ4v) is 8.16. The summed E-state index contributed by atoms with van der Waals surface area (Å²) in [4.78, 5) is 14.6. The Kier molecular flexibility index (Phi) is 14.1. The number of anilines is 3. The van der Waals surface area contributed by atoms with Gasteiger partial charge in [0.05, 0.1) is 6.61 Å². The SMILES string of the molecule is CCO[Si](CCCNC(=O)OCCCc1ccc(N(c2ccc(-c3ccccc3)cc2)c2ccc(C)c(C)c2)cc1)(OCC)OCC. The van der Waals surface area contributed by atoms with Gasteiger partial charge in [0.25, 0.3) is 0 Å². The molecule has 250 valence electrons. The van der Waals surface area contributed by atoms with Crippen LogP contribution < -0.4 is 10.2 Å². The molecule has 8 heteroatoms. The molecule has 7 nitrogen and oxygen atoms in total. The Bertz CT molecular complexity index is 1500. The van der Waals surface area contributed by atoms with E-state index in [0.29, 0.717) is 45.4 Å². The van der Waals surface area contributed by atoms with Gasteiger partial charge < -0.3 is 28.2 Å². The number of benzene rings is 4. The van der Waals surface area contributed by atoms with E-state index in [1.165, 1.54) is 27.8 Å². The van der Waals surface area contributed by atoms with Gasteiger partial charge in [-0.25, -0.2) is 4.79 Å². The Labute approximate surface area is 282 Å². The number of aryl methyl sites for hydroxylation is 3. The van der Waals surface area contributed by atoms with Gasteiger partial charge in [0.1, 0.15) is 0 Å². The van der Waals surface area contributed by atoms with Crippen LogP contribution in [0.15, 0.2) is 97.1 Å². The Balaban J connectivity index is 1.31. The molecule has 4 rings (SSSR count). The first kappa shape index (κ1) is 35.9. The van der Waals surface area contributed by atoms with E-state index in [0.717, 1.165) is 29.9 Å². The van der Waals surface area contributed by atoms with E-state index < -0.39 is 14.9 Å². The molecule has 0 radical (unpaired) electrons. The molecule has 1 amide bonds. The minimum Gasteiger partial charge on any atom is -0.450 e. The molecule has 0 aliphatic carbocycles. The highest BCUT2D eigenvalue weighted by atomic mass is 28.4. The largest absolute Gasteiger partial charge is 0.500 e. The van der Waals surface area contributed by atoms with Crippen LogP contribution in [0.1, 0.15) is 50.3 Å². The van der Waals surface area contributed by atoms with E-state index in [-0.39, 0.29) is 0 Å². The van der Waals surface area contributed by atoms with Crippen molar-refractivity contribution in [2.24, 2.45) is 0 Å². The summed E-state index contributed by atoms with van der Waals surface area (Å²) in [6, 6.07) is 35.1. The Morgan fingerprint density at radius 3 is 1.85 bits per heavy atom. The molecule has 0 bridgehead atoms. The van der Waals surface area contributed by atoms with E-state index in [1.807, 2.05) is 26.8 Å². The lowest BCUT2D eigenvalue weighted by molar-refractivity contribution is 0.0706. The number of hydrogen-bond donors (Lipinski definition) is 1. The molecule has 4 aromatic carbocycles. The average Bonchev–Trinajstić information content (AvgIpc) is 3.08. The summed E-state index contributed by atoms with van der Waals surface area (Å²) in [6.07, 6.45) is 1.85. The van der Waals surface area contributed by atoms with Gasteiger partial charge in [-0.15, -0.1) is 0 Å². The molecule has 47 heavy (non-hydrogen) atoms. The summed E-state index contributed by atoms with van der Waals surface area (Å²) in [5, 5.41) is 2.84. The lowest BCUT2D eigenvalue weighted by Crippen LogP contribution is -2.46. The molecule has 1 N–H and O–H groups in total.